The molecule has 2 rings (SSSR count). The third-order valence-electron chi connectivity index (χ3n) is 3.34. The van der Waals surface area contributed by atoms with Gasteiger partial charge in [-0.05, 0) is 31.9 Å². The Morgan fingerprint density at radius 3 is 2.80 bits per heavy atom. The number of rotatable bonds is 6. The van der Waals surface area contributed by atoms with E-state index in [-0.39, 0.29) is 23.4 Å². The van der Waals surface area contributed by atoms with Crippen molar-refractivity contribution in [2.75, 3.05) is 11.9 Å². The summed E-state index contributed by atoms with van der Waals surface area (Å²) in [5, 5.41) is 14.1. The summed E-state index contributed by atoms with van der Waals surface area (Å²) in [6, 6.07) is 4.36. The Bertz CT molecular complexity index is 526. The fourth-order valence-corrected chi connectivity index (χ4v) is 2.23. The number of nitro groups is 1. The first kappa shape index (κ1) is 14.3. The lowest BCUT2D eigenvalue weighted by molar-refractivity contribution is -0.384. The number of anilines is 1. The van der Waals surface area contributed by atoms with Crippen LogP contribution in [-0.2, 0) is 4.74 Å². The summed E-state index contributed by atoms with van der Waals surface area (Å²) in [4.78, 5) is 21.6. The van der Waals surface area contributed by atoms with E-state index in [0.29, 0.717) is 12.3 Å². The maximum absolute atomic E-state index is 11.1. The molecule has 7 heteroatoms. The predicted octanol–water partition coefficient (Wildman–Crippen LogP) is 1.67. The molecule has 1 aromatic carbocycles. The fraction of sp³-hybridized carbons (Fsp3) is 0.462. The Hall–Kier alpha value is -2.15. The van der Waals surface area contributed by atoms with Crippen molar-refractivity contribution in [3.63, 3.8) is 0 Å². The zero-order chi connectivity index (χ0) is 14.7. The normalized spacial score (nSPS) is 21.1. The van der Waals surface area contributed by atoms with E-state index in [9.17, 15) is 14.9 Å². The van der Waals surface area contributed by atoms with Crippen LogP contribution in [0.25, 0.3) is 0 Å². The van der Waals surface area contributed by atoms with Crippen LogP contribution >= 0.6 is 0 Å². The molecule has 1 aliphatic rings. The number of amides is 1. The smallest absolute Gasteiger partial charge is 0.293 e. The van der Waals surface area contributed by atoms with E-state index < -0.39 is 10.8 Å². The molecule has 108 valence electrons. The lowest BCUT2D eigenvalue weighted by atomic mass is 9.89. The van der Waals surface area contributed by atoms with Crippen LogP contribution in [0.5, 0.6) is 0 Å². The molecule has 0 radical (unpaired) electrons. The van der Waals surface area contributed by atoms with Crippen LogP contribution in [0.3, 0.4) is 0 Å². The number of carbonyl (C=O) groups excluding carboxylic acids is 1. The average Bonchev–Trinajstić information content (AvgIpc) is 2.36. The third-order valence-corrected chi connectivity index (χ3v) is 3.34. The first-order valence-electron chi connectivity index (χ1n) is 6.47. The summed E-state index contributed by atoms with van der Waals surface area (Å²) < 4.78 is 5.44. The van der Waals surface area contributed by atoms with Gasteiger partial charge in [-0.25, -0.2) is 0 Å². The molecule has 0 spiro atoms. The van der Waals surface area contributed by atoms with Crippen LogP contribution in [0.15, 0.2) is 18.2 Å². The highest BCUT2D eigenvalue weighted by molar-refractivity contribution is 5.94. The van der Waals surface area contributed by atoms with Gasteiger partial charge in [0.05, 0.1) is 11.0 Å². The first-order chi connectivity index (χ1) is 9.51. The number of nitro benzene ring substituents is 1. The molecule has 7 nitrogen and oxygen atoms in total. The van der Waals surface area contributed by atoms with E-state index in [0.717, 1.165) is 12.8 Å². The van der Waals surface area contributed by atoms with Crippen LogP contribution in [0.4, 0.5) is 11.4 Å². The molecule has 0 unspecified atom stereocenters. The molecule has 0 atom stereocenters. The van der Waals surface area contributed by atoms with Crippen LogP contribution in [-0.4, -0.2) is 29.6 Å². The predicted molar refractivity (Wildman–Crippen MR) is 73.7 cm³/mol. The monoisotopic (exact) mass is 279 g/mol. The standard InChI is InChI=1S/C13H17N3O4/c1-2-20-10-6-9(7-10)15-11-4-3-8(13(14)17)5-12(11)16(18)19/h3-5,9-10,15H,2,6-7H2,1H3,(H2,14,17). The van der Waals surface area contributed by atoms with Crippen molar-refractivity contribution in [1.29, 1.82) is 0 Å². The Morgan fingerprint density at radius 2 is 2.25 bits per heavy atom. The maximum atomic E-state index is 11.1. The fourth-order valence-electron chi connectivity index (χ4n) is 2.23. The lowest BCUT2D eigenvalue weighted by Crippen LogP contribution is -2.40. The number of nitrogens with two attached hydrogens (primary N) is 1. The third kappa shape index (κ3) is 3.05. The summed E-state index contributed by atoms with van der Waals surface area (Å²) in [6.07, 6.45) is 1.87. The topological polar surface area (TPSA) is 107 Å². The Labute approximate surface area is 116 Å². The number of hydrogen-bond acceptors (Lipinski definition) is 5. The zero-order valence-electron chi connectivity index (χ0n) is 11.2. The Balaban J connectivity index is 2.08. The number of ether oxygens (including phenoxy) is 1. The highest BCUT2D eigenvalue weighted by Crippen LogP contribution is 2.31. The minimum absolute atomic E-state index is 0.128. The van der Waals surface area contributed by atoms with Crippen LogP contribution in [0, 0.1) is 10.1 Å². The number of nitrogens with zero attached hydrogens (tertiary/aromatic N) is 1. The highest BCUT2D eigenvalue weighted by Gasteiger charge is 2.31. The van der Waals surface area contributed by atoms with Gasteiger partial charge in [-0.2, -0.15) is 0 Å². The van der Waals surface area contributed by atoms with Crippen molar-refractivity contribution >= 4 is 17.3 Å². The number of primary amides is 1. The van der Waals surface area contributed by atoms with Gasteiger partial charge in [0, 0.05) is 24.3 Å². The molecule has 1 amide bonds. The van der Waals surface area contributed by atoms with Gasteiger partial charge >= 0.3 is 0 Å². The van der Waals surface area contributed by atoms with Gasteiger partial charge in [-0.1, -0.05) is 0 Å². The molecular formula is C13H17N3O4. The van der Waals surface area contributed by atoms with Crippen molar-refractivity contribution in [3.8, 4) is 0 Å². The van der Waals surface area contributed by atoms with Gasteiger partial charge in [0.1, 0.15) is 5.69 Å². The summed E-state index contributed by atoms with van der Waals surface area (Å²) in [7, 11) is 0. The molecular weight excluding hydrogens is 262 g/mol. The summed E-state index contributed by atoms with van der Waals surface area (Å²) in [6.45, 7) is 2.61. The molecule has 1 saturated carbocycles. The number of hydrogen-bond donors (Lipinski definition) is 2. The van der Waals surface area contributed by atoms with Crippen molar-refractivity contribution < 1.29 is 14.5 Å². The van der Waals surface area contributed by atoms with E-state index in [1.165, 1.54) is 18.2 Å². The van der Waals surface area contributed by atoms with Crippen molar-refractivity contribution in [2.24, 2.45) is 5.73 Å². The minimum Gasteiger partial charge on any atom is -0.378 e. The van der Waals surface area contributed by atoms with Gasteiger partial charge in [0.25, 0.3) is 5.69 Å². The number of carbonyl (C=O) groups is 1. The van der Waals surface area contributed by atoms with Gasteiger partial charge in [0.15, 0.2) is 0 Å². The molecule has 0 aromatic heterocycles. The second kappa shape index (κ2) is 5.87. The van der Waals surface area contributed by atoms with Gasteiger partial charge in [-0.3, -0.25) is 14.9 Å². The minimum atomic E-state index is -0.681. The van der Waals surface area contributed by atoms with E-state index in [1.807, 2.05) is 6.92 Å². The van der Waals surface area contributed by atoms with Gasteiger partial charge < -0.3 is 15.8 Å². The average molecular weight is 279 g/mol. The van der Waals surface area contributed by atoms with E-state index in [1.54, 1.807) is 0 Å². The SMILES string of the molecule is CCOC1CC(Nc2ccc(C(N)=O)cc2[N+](=O)[O-])C1. The molecule has 1 fully saturated rings. The van der Waals surface area contributed by atoms with Crippen LogP contribution < -0.4 is 11.1 Å². The summed E-state index contributed by atoms with van der Waals surface area (Å²) in [5.74, 6) is -0.681. The Morgan fingerprint density at radius 1 is 1.55 bits per heavy atom. The number of benzene rings is 1. The highest BCUT2D eigenvalue weighted by atomic mass is 16.6. The quantitative estimate of drug-likeness (QED) is 0.608. The van der Waals surface area contributed by atoms with Gasteiger partial charge in [0.2, 0.25) is 5.91 Å². The molecule has 0 bridgehead atoms. The molecule has 0 saturated heterocycles. The second-order valence-electron chi connectivity index (χ2n) is 4.74. The molecule has 0 heterocycles. The molecule has 1 aliphatic carbocycles. The second-order valence-corrected chi connectivity index (χ2v) is 4.74. The van der Waals surface area contributed by atoms with Crippen molar-refractivity contribution in [2.45, 2.75) is 31.9 Å². The lowest BCUT2D eigenvalue weighted by Gasteiger charge is -2.35. The van der Waals surface area contributed by atoms with Crippen molar-refractivity contribution in [3.05, 3.63) is 33.9 Å². The van der Waals surface area contributed by atoms with Crippen LogP contribution in [0.1, 0.15) is 30.1 Å². The summed E-state index contributed by atoms with van der Waals surface area (Å²) >= 11 is 0. The molecule has 1 aromatic rings. The van der Waals surface area contributed by atoms with E-state index in [2.05, 4.69) is 5.32 Å². The van der Waals surface area contributed by atoms with E-state index >= 15 is 0 Å². The molecule has 20 heavy (non-hydrogen) atoms. The van der Waals surface area contributed by atoms with E-state index in [4.69, 9.17) is 10.5 Å². The zero-order valence-corrected chi connectivity index (χ0v) is 11.2. The summed E-state index contributed by atoms with van der Waals surface area (Å²) in [5.41, 5.74) is 5.52. The van der Waals surface area contributed by atoms with Gasteiger partial charge in [-0.15, -0.1) is 0 Å². The molecule has 0 aliphatic heterocycles. The first-order valence-corrected chi connectivity index (χ1v) is 6.47. The molecule has 3 N–H and O–H groups in total. The number of nitrogens with one attached hydrogen (secondary N) is 1. The van der Waals surface area contributed by atoms with Crippen molar-refractivity contribution in [1.82, 2.24) is 0 Å². The van der Waals surface area contributed by atoms with Crippen LogP contribution in [0.2, 0.25) is 0 Å². The Kier molecular flexibility index (Phi) is 4.19. The maximum Gasteiger partial charge on any atom is 0.293 e. The largest absolute Gasteiger partial charge is 0.378 e.